The van der Waals surface area contributed by atoms with Gasteiger partial charge in [-0.25, -0.2) is 0 Å². The normalized spacial score (nSPS) is 16.5. The van der Waals surface area contributed by atoms with Crippen LogP contribution >= 0.6 is 27.3 Å². The lowest BCUT2D eigenvalue weighted by molar-refractivity contribution is 0.159. The van der Waals surface area contributed by atoms with Crippen molar-refractivity contribution < 1.29 is 4.74 Å². The summed E-state index contributed by atoms with van der Waals surface area (Å²) in [6.45, 7) is 0. The van der Waals surface area contributed by atoms with Crippen LogP contribution in [0.2, 0.25) is 0 Å². The van der Waals surface area contributed by atoms with Crippen LogP contribution in [0.4, 0.5) is 0 Å². The zero-order chi connectivity index (χ0) is 13.1. The molecule has 100 valence electrons. The molecule has 1 aliphatic carbocycles. The number of thiophene rings is 1. The molecule has 0 bridgehead atoms. The fourth-order valence-electron chi connectivity index (χ4n) is 2.51. The molecule has 1 aromatic heterocycles. The SMILES string of the molecule is Brc1cc(-c2ccccc2)sc1OC1CCCCC1. The van der Waals surface area contributed by atoms with Crippen molar-refractivity contribution >= 4 is 27.3 Å². The van der Waals surface area contributed by atoms with Gasteiger partial charge in [0.05, 0.1) is 10.6 Å². The maximum atomic E-state index is 6.16. The third-order valence-electron chi connectivity index (χ3n) is 3.54. The zero-order valence-corrected chi connectivity index (χ0v) is 13.2. The molecule has 0 radical (unpaired) electrons. The fourth-order valence-corrected chi connectivity index (χ4v) is 4.20. The fraction of sp³-hybridized carbons (Fsp3) is 0.375. The maximum Gasteiger partial charge on any atom is 0.189 e. The molecule has 3 heteroatoms. The van der Waals surface area contributed by atoms with Crippen LogP contribution in [0.25, 0.3) is 10.4 Å². The molecule has 0 spiro atoms. The molecule has 0 atom stereocenters. The van der Waals surface area contributed by atoms with E-state index in [9.17, 15) is 0 Å². The summed E-state index contributed by atoms with van der Waals surface area (Å²) in [5, 5.41) is 1.03. The van der Waals surface area contributed by atoms with E-state index in [4.69, 9.17) is 4.74 Å². The molecular formula is C16H17BrOS. The lowest BCUT2D eigenvalue weighted by Crippen LogP contribution is -2.19. The Morgan fingerprint density at radius 2 is 1.79 bits per heavy atom. The van der Waals surface area contributed by atoms with E-state index in [1.165, 1.54) is 42.5 Å². The van der Waals surface area contributed by atoms with Crippen LogP contribution in [0.3, 0.4) is 0 Å². The van der Waals surface area contributed by atoms with Gasteiger partial charge in [-0.05, 0) is 53.2 Å². The second kappa shape index (κ2) is 6.10. The Morgan fingerprint density at radius 1 is 1.05 bits per heavy atom. The van der Waals surface area contributed by atoms with Gasteiger partial charge in [0.15, 0.2) is 5.06 Å². The smallest absolute Gasteiger partial charge is 0.189 e. The molecule has 1 nitrogen and oxygen atoms in total. The van der Waals surface area contributed by atoms with Crippen molar-refractivity contribution in [3.05, 3.63) is 40.9 Å². The first-order chi connectivity index (χ1) is 9.33. The van der Waals surface area contributed by atoms with Gasteiger partial charge >= 0.3 is 0 Å². The summed E-state index contributed by atoms with van der Waals surface area (Å²) < 4.78 is 7.24. The zero-order valence-electron chi connectivity index (χ0n) is 10.8. The highest BCUT2D eigenvalue weighted by Crippen LogP contribution is 2.41. The Bertz CT molecular complexity index is 529. The standard InChI is InChI=1S/C16H17BrOS/c17-14-11-15(12-7-3-1-4-8-12)19-16(14)18-13-9-5-2-6-10-13/h1,3-4,7-8,11,13H,2,5-6,9-10H2. The summed E-state index contributed by atoms with van der Waals surface area (Å²) in [6.07, 6.45) is 6.78. The van der Waals surface area contributed by atoms with Crippen molar-refractivity contribution in [1.29, 1.82) is 0 Å². The number of hydrogen-bond donors (Lipinski definition) is 0. The quantitative estimate of drug-likeness (QED) is 0.679. The van der Waals surface area contributed by atoms with Crippen molar-refractivity contribution in [3.63, 3.8) is 0 Å². The van der Waals surface area contributed by atoms with Gasteiger partial charge in [-0.3, -0.25) is 0 Å². The summed E-state index contributed by atoms with van der Waals surface area (Å²) in [7, 11) is 0. The minimum Gasteiger partial charge on any atom is -0.480 e. The van der Waals surface area contributed by atoms with E-state index >= 15 is 0 Å². The molecule has 19 heavy (non-hydrogen) atoms. The minimum absolute atomic E-state index is 0.410. The van der Waals surface area contributed by atoms with Crippen LogP contribution < -0.4 is 4.74 Å². The van der Waals surface area contributed by atoms with Gasteiger partial charge in [0.1, 0.15) is 0 Å². The monoisotopic (exact) mass is 336 g/mol. The van der Waals surface area contributed by atoms with Crippen molar-refractivity contribution in [2.75, 3.05) is 0 Å². The predicted octanol–water partition coefficient (Wildman–Crippen LogP) is 5.89. The van der Waals surface area contributed by atoms with Gasteiger partial charge in [0.25, 0.3) is 0 Å². The Morgan fingerprint density at radius 3 is 2.53 bits per heavy atom. The average molecular weight is 337 g/mol. The van der Waals surface area contributed by atoms with Gasteiger partial charge in [-0.2, -0.15) is 0 Å². The largest absolute Gasteiger partial charge is 0.480 e. The van der Waals surface area contributed by atoms with Gasteiger partial charge in [-0.15, -0.1) is 0 Å². The average Bonchev–Trinajstić information content (AvgIpc) is 2.82. The summed E-state index contributed by atoms with van der Waals surface area (Å²) in [4.78, 5) is 1.26. The lowest BCUT2D eigenvalue weighted by atomic mass is 9.98. The Balaban J connectivity index is 1.77. The van der Waals surface area contributed by atoms with E-state index in [1.54, 1.807) is 11.3 Å². The van der Waals surface area contributed by atoms with E-state index in [0.717, 1.165) is 9.54 Å². The van der Waals surface area contributed by atoms with Crippen molar-refractivity contribution in [1.82, 2.24) is 0 Å². The van der Waals surface area contributed by atoms with Crippen LogP contribution in [0.1, 0.15) is 32.1 Å². The van der Waals surface area contributed by atoms with Crippen LogP contribution in [0, 0.1) is 0 Å². The highest BCUT2D eigenvalue weighted by atomic mass is 79.9. The molecule has 0 amide bonds. The van der Waals surface area contributed by atoms with Crippen LogP contribution in [-0.2, 0) is 0 Å². The molecule has 2 aromatic rings. The molecule has 1 aliphatic rings. The molecular weight excluding hydrogens is 320 g/mol. The minimum atomic E-state index is 0.410. The van der Waals surface area contributed by atoms with E-state index in [-0.39, 0.29) is 0 Å². The Hall–Kier alpha value is -0.800. The van der Waals surface area contributed by atoms with E-state index < -0.39 is 0 Å². The molecule has 1 heterocycles. The highest BCUT2D eigenvalue weighted by Gasteiger charge is 2.18. The molecule has 0 unspecified atom stereocenters. The van der Waals surface area contributed by atoms with Crippen molar-refractivity contribution in [3.8, 4) is 15.5 Å². The van der Waals surface area contributed by atoms with Crippen molar-refractivity contribution in [2.24, 2.45) is 0 Å². The third-order valence-corrected chi connectivity index (χ3v) is 5.47. The van der Waals surface area contributed by atoms with Gasteiger partial charge in [-0.1, -0.05) is 48.1 Å². The second-order valence-electron chi connectivity index (χ2n) is 4.99. The van der Waals surface area contributed by atoms with Crippen LogP contribution in [0.15, 0.2) is 40.9 Å². The first-order valence-corrected chi connectivity index (χ1v) is 8.45. The number of halogens is 1. The molecule has 0 N–H and O–H groups in total. The van der Waals surface area contributed by atoms with Crippen LogP contribution in [-0.4, -0.2) is 6.10 Å². The first kappa shape index (κ1) is 13.2. The highest BCUT2D eigenvalue weighted by molar-refractivity contribution is 9.10. The number of rotatable bonds is 3. The number of ether oxygens (including phenoxy) is 1. The topological polar surface area (TPSA) is 9.23 Å². The molecule has 1 fully saturated rings. The first-order valence-electron chi connectivity index (χ1n) is 6.84. The van der Waals surface area contributed by atoms with E-state index in [2.05, 4.69) is 46.3 Å². The van der Waals surface area contributed by atoms with Gasteiger partial charge in [0.2, 0.25) is 0 Å². The molecule has 0 saturated heterocycles. The Labute approximate surface area is 126 Å². The maximum absolute atomic E-state index is 6.16. The predicted molar refractivity (Wildman–Crippen MR) is 85.0 cm³/mol. The summed E-state index contributed by atoms with van der Waals surface area (Å²) in [6, 6.07) is 12.6. The number of benzene rings is 1. The Kier molecular flexibility index (Phi) is 4.24. The summed E-state index contributed by atoms with van der Waals surface area (Å²) >= 11 is 5.36. The molecule has 1 aromatic carbocycles. The lowest BCUT2D eigenvalue weighted by Gasteiger charge is -2.22. The molecule has 3 rings (SSSR count). The number of hydrogen-bond acceptors (Lipinski definition) is 2. The summed E-state index contributed by atoms with van der Waals surface area (Å²) in [5.41, 5.74) is 1.26. The van der Waals surface area contributed by atoms with Gasteiger partial charge < -0.3 is 4.74 Å². The molecule has 0 aliphatic heterocycles. The van der Waals surface area contributed by atoms with Crippen LogP contribution in [0.5, 0.6) is 5.06 Å². The van der Waals surface area contributed by atoms with Gasteiger partial charge in [0, 0.05) is 4.88 Å². The van der Waals surface area contributed by atoms with Crippen molar-refractivity contribution in [2.45, 2.75) is 38.2 Å². The van der Waals surface area contributed by atoms with E-state index in [0.29, 0.717) is 6.10 Å². The summed E-state index contributed by atoms with van der Waals surface area (Å²) in [5.74, 6) is 0. The molecule has 1 saturated carbocycles. The van der Waals surface area contributed by atoms with E-state index in [1.807, 2.05) is 6.07 Å². The third kappa shape index (κ3) is 3.21. The second-order valence-corrected chi connectivity index (χ2v) is 6.86.